The lowest BCUT2D eigenvalue weighted by atomic mass is 10.1. The zero-order chi connectivity index (χ0) is 13.0. The van der Waals surface area contributed by atoms with Crippen molar-refractivity contribution in [3.63, 3.8) is 0 Å². The van der Waals surface area contributed by atoms with E-state index in [4.69, 9.17) is 4.74 Å². The molecule has 1 N–H and O–H groups in total. The first-order valence-electron chi connectivity index (χ1n) is 6.87. The summed E-state index contributed by atoms with van der Waals surface area (Å²) < 4.78 is 5.59. The molecule has 3 nitrogen and oxygen atoms in total. The molecular weight excluding hydrogens is 224 g/mol. The maximum atomic E-state index is 5.59. The lowest BCUT2D eigenvalue weighted by Crippen LogP contribution is -2.41. The highest BCUT2D eigenvalue weighted by Gasteiger charge is 2.18. The van der Waals surface area contributed by atoms with E-state index in [9.17, 15) is 0 Å². The standard InChI is InChI=1S/C15H24N2O/c1-4-16-10-14-5-6-15(12(2)9-14)17-7-8-18-13(3)11-17/h5-6,9,13,16H,4,7-8,10-11H2,1-3H3. The van der Waals surface area contributed by atoms with Crippen molar-refractivity contribution in [1.82, 2.24) is 5.32 Å². The van der Waals surface area contributed by atoms with Gasteiger partial charge < -0.3 is 15.0 Å². The zero-order valence-corrected chi connectivity index (χ0v) is 11.7. The first-order chi connectivity index (χ1) is 8.70. The minimum atomic E-state index is 0.333. The Bertz CT molecular complexity index is 392. The fourth-order valence-corrected chi connectivity index (χ4v) is 2.49. The molecule has 0 amide bonds. The summed E-state index contributed by atoms with van der Waals surface area (Å²) in [4.78, 5) is 2.43. The van der Waals surface area contributed by atoms with Crippen molar-refractivity contribution in [2.45, 2.75) is 33.4 Å². The van der Waals surface area contributed by atoms with E-state index in [2.05, 4.69) is 49.2 Å². The highest BCUT2D eigenvalue weighted by Crippen LogP contribution is 2.23. The van der Waals surface area contributed by atoms with Crippen LogP contribution in [0.4, 0.5) is 5.69 Å². The summed E-state index contributed by atoms with van der Waals surface area (Å²) in [5.74, 6) is 0. The van der Waals surface area contributed by atoms with Crippen molar-refractivity contribution in [3.05, 3.63) is 29.3 Å². The van der Waals surface area contributed by atoms with Gasteiger partial charge in [-0.25, -0.2) is 0 Å². The molecule has 18 heavy (non-hydrogen) atoms. The molecule has 0 bridgehead atoms. The van der Waals surface area contributed by atoms with Gasteiger partial charge in [-0.2, -0.15) is 0 Å². The normalized spacial score (nSPS) is 20.2. The van der Waals surface area contributed by atoms with Crippen molar-refractivity contribution in [2.24, 2.45) is 0 Å². The van der Waals surface area contributed by atoms with Gasteiger partial charge in [-0.15, -0.1) is 0 Å². The first kappa shape index (κ1) is 13.4. The number of morpholine rings is 1. The third-order valence-electron chi connectivity index (χ3n) is 3.42. The van der Waals surface area contributed by atoms with Crippen molar-refractivity contribution >= 4 is 5.69 Å². The molecule has 0 aliphatic carbocycles. The molecule has 1 aromatic carbocycles. The summed E-state index contributed by atoms with van der Waals surface area (Å²) in [6.45, 7) is 11.3. The Hall–Kier alpha value is -1.06. The Morgan fingerprint density at radius 2 is 2.28 bits per heavy atom. The van der Waals surface area contributed by atoms with Gasteiger partial charge in [0, 0.05) is 25.3 Å². The maximum Gasteiger partial charge on any atom is 0.0722 e. The number of anilines is 1. The monoisotopic (exact) mass is 248 g/mol. The van der Waals surface area contributed by atoms with Gasteiger partial charge in [0.05, 0.1) is 12.7 Å². The van der Waals surface area contributed by atoms with Crippen LogP contribution in [0.1, 0.15) is 25.0 Å². The van der Waals surface area contributed by atoms with Crippen LogP contribution in [0.2, 0.25) is 0 Å². The molecule has 1 fully saturated rings. The molecule has 1 atom stereocenters. The molecule has 1 unspecified atom stereocenters. The Morgan fingerprint density at radius 1 is 1.44 bits per heavy atom. The molecular formula is C15H24N2O. The molecule has 0 spiro atoms. The summed E-state index contributed by atoms with van der Waals surface area (Å²) in [7, 11) is 0. The van der Waals surface area contributed by atoms with Crippen LogP contribution in [0.5, 0.6) is 0 Å². The number of hydrogen-bond donors (Lipinski definition) is 1. The SMILES string of the molecule is CCNCc1ccc(N2CCOC(C)C2)c(C)c1. The number of nitrogens with zero attached hydrogens (tertiary/aromatic N) is 1. The molecule has 0 saturated carbocycles. The van der Waals surface area contributed by atoms with Crippen molar-refractivity contribution < 1.29 is 4.74 Å². The Labute approximate surface area is 110 Å². The highest BCUT2D eigenvalue weighted by molar-refractivity contribution is 5.54. The summed E-state index contributed by atoms with van der Waals surface area (Å²) in [5, 5.41) is 3.36. The maximum absolute atomic E-state index is 5.59. The van der Waals surface area contributed by atoms with Crippen molar-refractivity contribution in [2.75, 3.05) is 31.1 Å². The van der Waals surface area contributed by atoms with Crippen molar-refractivity contribution in [3.8, 4) is 0 Å². The van der Waals surface area contributed by atoms with Crippen LogP contribution in [-0.4, -0.2) is 32.3 Å². The van der Waals surface area contributed by atoms with Crippen LogP contribution in [0, 0.1) is 6.92 Å². The fourth-order valence-electron chi connectivity index (χ4n) is 2.49. The molecule has 3 heteroatoms. The van der Waals surface area contributed by atoms with E-state index in [0.29, 0.717) is 6.10 Å². The van der Waals surface area contributed by atoms with Gasteiger partial charge in [-0.1, -0.05) is 19.1 Å². The van der Waals surface area contributed by atoms with Crippen LogP contribution in [0.3, 0.4) is 0 Å². The fraction of sp³-hybridized carbons (Fsp3) is 0.600. The summed E-state index contributed by atoms with van der Waals surface area (Å²) in [6.07, 6.45) is 0.333. The third kappa shape index (κ3) is 3.24. The molecule has 1 aromatic rings. The lowest BCUT2D eigenvalue weighted by Gasteiger charge is -2.34. The molecule has 0 aromatic heterocycles. The zero-order valence-electron chi connectivity index (χ0n) is 11.7. The van der Waals surface area contributed by atoms with Crippen LogP contribution >= 0.6 is 0 Å². The van der Waals surface area contributed by atoms with Gasteiger partial charge in [-0.05, 0) is 37.6 Å². The largest absolute Gasteiger partial charge is 0.375 e. The van der Waals surface area contributed by atoms with E-state index in [1.54, 1.807) is 0 Å². The average Bonchev–Trinajstić information content (AvgIpc) is 2.36. The number of rotatable bonds is 4. The molecule has 2 rings (SSSR count). The molecule has 1 aliphatic rings. The molecule has 1 saturated heterocycles. The molecule has 1 heterocycles. The van der Waals surface area contributed by atoms with E-state index >= 15 is 0 Å². The van der Waals surface area contributed by atoms with E-state index in [1.807, 2.05) is 0 Å². The Kier molecular flexibility index (Phi) is 4.61. The summed E-state index contributed by atoms with van der Waals surface area (Å²) >= 11 is 0. The smallest absolute Gasteiger partial charge is 0.0722 e. The van der Waals surface area contributed by atoms with Gasteiger partial charge in [0.2, 0.25) is 0 Å². The van der Waals surface area contributed by atoms with E-state index in [-0.39, 0.29) is 0 Å². The van der Waals surface area contributed by atoms with Crippen LogP contribution in [0.25, 0.3) is 0 Å². The first-order valence-corrected chi connectivity index (χ1v) is 6.87. The molecule has 1 aliphatic heterocycles. The van der Waals surface area contributed by atoms with Crippen LogP contribution in [-0.2, 0) is 11.3 Å². The number of ether oxygens (including phenoxy) is 1. The average molecular weight is 248 g/mol. The number of aryl methyl sites for hydroxylation is 1. The number of nitrogens with one attached hydrogen (secondary N) is 1. The van der Waals surface area contributed by atoms with Gasteiger partial charge in [-0.3, -0.25) is 0 Å². The minimum Gasteiger partial charge on any atom is -0.375 e. The van der Waals surface area contributed by atoms with Gasteiger partial charge >= 0.3 is 0 Å². The minimum absolute atomic E-state index is 0.333. The lowest BCUT2D eigenvalue weighted by molar-refractivity contribution is 0.0532. The number of hydrogen-bond acceptors (Lipinski definition) is 3. The van der Waals surface area contributed by atoms with E-state index < -0.39 is 0 Å². The second-order valence-electron chi connectivity index (χ2n) is 5.03. The second kappa shape index (κ2) is 6.21. The predicted molar refractivity (Wildman–Crippen MR) is 76.2 cm³/mol. The number of benzene rings is 1. The quantitative estimate of drug-likeness (QED) is 0.885. The van der Waals surface area contributed by atoms with Gasteiger partial charge in [0.1, 0.15) is 0 Å². The van der Waals surface area contributed by atoms with Gasteiger partial charge in [0.15, 0.2) is 0 Å². The molecule has 0 radical (unpaired) electrons. The predicted octanol–water partition coefficient (Wildman–Crippen LogP) is 2.33. The van der Waals surface area contributed by atoms with Crippen molar-refractivity contribution in [1.29, 1.82) is 0 Å². The van der Waals surface area contributed by atoms with E-state index in [0.717, 1.165) is 32.8 Å². The topological polar surface area (TPSA) is 24.5 Å². The van der Waals surface area contributed by atoms with Crippen LogP contribution in [0.15, 0.2) is 18.2 Å². The summed E-state index contributed by atoms with van der Waals surface area (Å²) in [6, 6.07) is 6.77. The second-order valence-corrected chi connectivity index (χ2v) is 5.03. The molecule has 100 valence electrons. The van der Waals surface area contributed by atoms with Crippen LogP contribution < -0.4 is 10.2 Å². The van der Waals surface area contributed by atoms with Gasteiger partial charge in [0.25, 0.3) is 0 Å². The Balaban J connectivity index is 2.08. The summed E-state index contributed by atoms with van der Waals surface area (Å²) in [5.41, 5.74) is 4.07. The highest BCUT2D eigenvalue weighted by atomic mass is 16.5. The third-order valence-corrected chi connectivity index (χ3v) is 3.42. The van der Waals surface area contributed by atoms with E-state index in [1.165, 1.54) is 16.8 Å². The Morgan fingerprint density at radius 3 is 2.94 bits per heavy atom.